The van der Waals surface area contributed by atoms with Crippen LogP contribution >= 0.6 is 11.3 Å². The Labute approximate surface area is 179 Å². The number of fused-ring (bicyclic) bond motifs is 1. The molecule has 0 saturated carbocycles. The average molecular weight is 421 g/mol. The smallest absolute Gasteiger partial charge is 0.256 e. The number of carbonyl (C=O) groups excluding carboxylic acids is 1. The van der Waals surface area contributed by atoms with Gasteiger partial charge in [-0.1, -0.05) is 6.07 Å². The van der Waals surface area contributed by atoms with Crippen LogP contribution in [0.1, 0.15) is 21.1 Å². The fraction of sp³-hybridized carbons (Fsp3) is 0.318. The maximum atomic E-state index is 13.3. The van der Waals surface area contributed by atoms with Crippen LogP contribution in [0.2, 0.25) is 0 Å². The highest BCUT2D eigenvalue weighted by Crippen LogP contribution is 2.27. The monoisotopic (exact) mass is 420 g/mol. The summed E-state index contributed by atoms with van der Waals surface area (Å²) >= 11 is 1.65. The van der Waals surface area contributed by atoms with Gasteiger partial charge in [0, 0.05) is 44.0 Å². The van der Waals surface area contributed by atoms with Gasteiger partial charge >= 0.3 is 0 Å². The molecule has 30 heavy (non-hydrogen) atoms. The van der Waals surface area contributed by atoms with Crippen molar-refractivity contribution in [1.82, 2.24) is 28.7 Å². The lowest BCUT2D eigenvalue weighted by atomic mass is 10.2. The Balaban J connectivity index is 1.47. The van der Waals surface area contributed by atoms with E-state index in [4.69, 9.17) is 0 Å². The molecule has 0 aliphatic carbocycles. The second-order valence-corrected chi connectivity index (χ2v) is 8.85. The summed E-state index contributed by atoms with van der Waals surface area (Å²) in [6.45, 7) is 6.04. The van der Waals surface area contributed by atoms with Crippen molar-refractivity contribution in [3.8, 4) is 11.4 Å². The number of rotatable bonds is 4. The molecule has 0 spiro atoms. The Morgan fingerprint density at radius 3 is 2.80 bits per heavy atom. The molecule has 8 heteroatoms. The number of carbonyl (C=O) groups is 1. The molecule has 5 rings (SSSR count). The minimum absolute atomic E-state index is 0.0930. The van der Waals surface area contributed by atoms with Crippen LogP contribution in [0.5, 0.6) is 0 Å². The number of piperazine rings is 1. The highest BCUT2D eigenvalue weighted by Gasteiger charge is 2.24. The second kappa shape index (κ2) is 7.70. The molecule has 4 aromatic heterocycles. The van der Waals surface area contributed by atoms with Crippen LogP contribution in [-0.2, 0) is 6.54 Å². The fourth-order valence-electron chi connectivity index (χ4n) is 3.95. The number of thiazole rings is 1. The Morgan fingerprint density at radius 1 is 1.20 bits per heavy atom. The Kier molecular flexibility index (Phi) is 4.88. The van der Waals surface area contributed by atoms with Crippen LogP contribution in [-0.4, -0.2) is 67.9 Å². The van der Waals surface area contributed by atoms with Crippen LogP contribution < -0.4 is 0 Å². The zero-order valence-corrected chi connectivity index (χ0v) is 18.0. The van der Waals surface area contributed by atoms with Gasteiger partial charge in [0.25, 0.3) is 5.91 Å². The third-order valence-corrected chi connectivity index (χ3v) is 6.43. The van der Waals surface area contributed by atoms with Crippen molar-refractivity contribution in [2.75, 3.05) is 33.2 Å². The Hall–Kier alpha value is -2.97. The maximum absolute atomic E-state index is 13.3. The number of pyridine rings is 1. The highest BCUT2D eigenvalue weighted by atomic mass is 32.1. The number of nitrogens with zero attached hydrogens (tertiary/aromatic N) is 6. The molecule has 4 aromatic rings. The highest BCUT2D eigenvalue weighted by molar-refractivity contribution is 7.09. The normalized spacial score (nSPS) is 15.2. The Morgan fingerprint density at radius 2 is 2.03 bits per heavy atom. The molecule has 1 fully saturated rings. The molecule has 0 radical (unpaired) electrons. The summed E-state index contributed by atoms with van der Waals surface area (Å²) in [5.41, 5.74) is 4.46. The number of imidazole rings is 1. The molecular formula is C22H24N6OS. The molecule has 0 aromatic carbocycles. The number of amides is 1. The van der Waals surface area contributed by atoms with Gasteiger partial charge < -0.3 is 18.8 Å². The van der Waals surface area contributed by atoms with Crippen LogP contribution in [0.25, 0.3) is 16.9 Å². The van der Waals surface area contributed by atoms with Gasteiger partial charge in [-0.05, 0) is 32.2 Å². The summed E-state index contributed by atoms with van der Waals surface area (Å²) in [7, 11) is 2.09. The van der Waals surface area contributed by atoms with Gasteiger partial charge in [0.2, 0.25) is 0 Å². The first-order chi connectivity index (χ1) is 14.6. The van der Waals surface area contributed by atoms with Crippen molar-refractivity contribution in [3.05, 3.63) is 64.6 Å². The minimum atomic E-state index is 0.0930. The molecule has 1 amide bonds. The van der Waals surface area contributed by atoms with E-state index in [2.05, 4.69) is 31.7 Å². The first-order valence-corrected chi connectivity index (χ1v) is 11.0. The van der Waals surface area contributed by atoms with E-state index in [1.54, 1.807) is 11.3 Å². The predicted molar refractivity (Wildman–Crippen MR) is 118 cm³/mol. The van der Waals surface area contributed by atoms with E-state index in [-0.39, 0.29) is 5.91 Å². The standard InChI is InChI=1S/C22H24N6OS/c1-16-24-17(14-30-16)12-26-13-19(23-15-26)21-11-18(20-5-3-4-6-28(20)21)22(29)27-9-7-25(2)8-10-27/h3-6,11,13-15H,7-10,12H2,1-2H3. The van der Waals surface area contributed by atoms with Gasteiger partial charge in [0.1, 0.15) is 5.69 Å². The van der Waals surface area contributed by atoms with Crippen LogP contribution in [0, 0.1) is 6.92 Å². The minimum Gasteiger partial charge on any atom is -0.336 e. The lowest BCUT2D eigenvalue weighted by Crippen LogP contribution is -2.47. The van der Waals surface area contributed by atoms with Gasteiger partial charge in [0.15, 0.2) is 0 Å². The predicted octanol–water partition coefficient (Wildman–Crippen LogP) is 3.00. The molecule has 1 saturated heterocycles. The SMILES string of the molecule is Cc1nc(Cn2cnc(-c3cc(C(=O)N4CCN(C)CC4)c4ccccn34)c2)cs1. The van der Waals surface area contributed by atoms with E-state index in [1.807, 2.05) is 59.4 Å². The summed E-state index contributed by atoms with van der Waals surface area (Å²) in [5, 5.41) is 3.14. The number of hydrogen-bond donors (Lipinski definition) is 0. The van der Waals surface area contributed by atoms with E-state index in [9.17, 15) is 4.79 Å². The Bertz CT molecular complexity index is 1200. The maximum Gasteiger partial charge on any atom is 0.256 e. The molecule has 1 aliphatic heterocycles. The number of likely N-dealkylation sites (N-methyl/N-ethyl adjacent to an activating group) is 1. The third kappa shape index (κ3) is 3.53. The molecule has 0 atom stereocenters. The summed E-state index contributed by atoms with van der Waals surface area (Å²) in [5.74, 6) is 0.0930. The van der Waals surface area contributed by atoms with E-state index in [0.29, 0.717) is 6.54 Å². The fourth-order valence-corrected chi connectivity index (χ4v) is 4.55. The van der Waals surface area contributed by atoms with Gasteiger partial charge in [-0.3, -0.25) is 4.79 Å². The molecule has 1 aliphatic rings. The zero-order chi connectivity index (χ0) is 20.7. The van der Waals surface area contributed by atoms with Gasteiger partial charge in [-0.25, -0.2) is 9.97 Å². The van der Waals surface area contributed by atoms with Crippen molar-refractivity contribution in [2.45, 2.75) is 13.5 Å². The number of hydrogen-bond acceptors (Lipinski definition) is 5. The van der Waals surface area contributed by atoms with Gasteiger partial charge in [0.05, 0.1) is 40.3 Å². The van der Waals surface area contributed by atoms with E-state index < -0.39 is 0 Å². The number of aryl methyl sites for hydroxylation is 1. The van der Waals surface area contributed by atoms with E-state index in [0.717, 1.165) is 59.3 Å². The average Bonchev–Trinajstić information content (AvgIpc) is 3.47. The first kappa shape index (κ1) is 19.0. The molecule has 154 valence electrons. The lowest BCUT2D eigenvalue weighted by Gasteiger charge is -2.32. The molecule has 7 nitrogen and oxygen atoms in total. The molecule has 5 heterocycles. The van der Waals surface area contributed by atoms with Crippen LogP contribution in [0.3, 0.4) is 0 Å². The first-order valence-electron chi connectivity index (χ1n) is 10.1. The van der Waals surface area contributed by atoms with Crippen molar-refractivity contribution in [3.63, 3.8) is 0 Å². The quantitative estimate of drug-likeness (QED) is 0.509. The third-order valence-electron chi connectivity index (χ3n) is 5.60. The van der Waals surface area contributed by atoms with Crippen LogP contribution in [0.15, 0.2) is 48.4 Å². The van der Waals surface area contributed by atoms with E-state index in [1.165, 1.54) is 0 Å². The topological polar surface area (TPSA) is 58.7 Å². The van der Waals surface area contributed by atoms with Crippen molar-refractivity contribution in [2.24, 2.45) is 0 Å². The van der Waals surface area contributed by atoms with Gasteiger partial charge in [-0.15, -0.1) is 11.3 Å². The molecule has 0 N–H and O–H groups in total. The summed E-state index contributed by atoms with van der Waals surface area (Å²) in [6.07, 6.45) is 5.84. The molecular weight excluding hydrogens is 396 g/mol. The largest absolute Gasteiger partial charge is 0.336 e. The lowest BCUT2D eigenvalue weighted by molar-refractivity contribution is 0.0666. The second-order valence-electron chi connectivity index (χ2n) is 7.78. The number of aromatic nitrogens is 4. The molecule has 0 unspecified atom stereocenters. The summed E-state index contributed by atoms with van der Waals surface area (Å²) in [4.78, 5) is 26.6. The van der Waals surface area contributed by atoms with Crippen molar-refractivity contribution in [1.29, 1.82) is 0 Å². The van der Waals surface area contributed by atoms with Gasteiger partial charge in [-0.2, -0.15) is 0 Å². The van der Waals surface area contributed by atoms with Crippen molar-refractivity contribution >= 4 is 22.8 Å². The molecule has 0 bridgehead atoms. The van der Waals surface area contributed by atoms with E-state index >= 15 is 0 Å². The summed E-state index contributed by atoms with van der Waals surface area (Å²) < 4.78 is 4.09. The van der Waals surface area contributed by atoms with Crippen LogP contribution in [0.4, 0.5) is 0 Å². The zero-order valence-electron chi connectivity index (χ0n) is 17.2. The summed E-state index contributed by atoms with van der Waals surface area (Å²) in [6, 6.07) is 7.94. The van der Waals surface area contributed by atoms with Crippen molar-refractivity contribution < 1.29 is 4.79 Å².